The van der Waals surface area contributed by atoms with E-state index < -0.39 is 5.79 Å². The Balaban J connectivity index is 1.32. The lowest BCUT2D eigenvalue weighted by atomic mass is 9.98. The molecule has 1 heterocycles. The Morgan fingerprint density at radius 3 is 1.44 bits per heavy atom. The van der Waals surface area contributed by atoms with Crippen LogP contribution >= 0.6 is 0 Å². The first-order valence-corrected chi connectivity index (χ1v) is 24.0. The summed E-state index contributed by atoms with van der Waals surface area (Å²) in [6.45, 7) is 4.82. The molecule has 322 valence electrons. The summed E-state index contributed by atoms with van der Waals surface area (Å²) in [5.74, 6) is -0.459. The first-order chi connectivity index (χ1) is 28.1. The van der Waals surface area contributed by atoms with Crippen LogP contribution in [0.25, 0.3) is 0 Å². The maximum atomic E-state index is 12.9. The molecule has 5 nitrogen and oxygen atoms in total. The number of carbonyl (C=O) groups excluding carboxylic acids is 1. The van der Waals surface area contributed by atoms with Crippen molar-refractivity contribution in [3.63, 3.8) is 0 Å². The molecule has 1 aliphatic heterocycles. The number of allylic oxidation sites excluding steroid dienone is 8. The molecule has 0 aromatic heterocycles. The molecule has 1 saturated heterocycles. The van der Waals surface area contributed by atoms with Gasteiger partial charge in [-0.1, -0.05) is 176 Å². The number of unbranched alkanes of at least 4 members (excludes halogenated alkanes) is 19. The zero-order valence-electron chi connectivity index (χ0n) is 37.0. The predicted molar refractivity (Wildman–Crippen MR) is 242 cm³/mol. The topological polar surface area (TPSA) is 48.0 Å². The van der Waals surface area contributed by atoms with E-state index in [1.54, 1.807) is 4.90 Å². The van der Waals surface area contributed by atoms with Crippen LogP contribution in [0.15, 0.2) is 78.9 Å². The highest BCUT2D eigenvalue weighted by Crippen LogP contribution is 2.45. The Morgan fingerprint density at radius 2 is 1.00 bits per heavy atom. The molecule has 1 unspecified atom stereocenters. The Hall–Kier alpha value is -2.63. The molecule has 1 aromatic rings. The van der Waals surface area contributed by atoms with E-state index in [2.05, 4.69) is 62.5 Å². The fourth-order valence-electron chi connectivity index (χ4n) is 8.35. The van der Waals surface area contributed by atoms with E-state index in [4.69, 9.17) is 14.2 Å². The molecular formula is C52H85NO4. The normalized spacial score (nSPS) is 20.9. The number of fused-ring (bicyclic) bond motifs is 1. The fraction of sp³-hybridized carbons (Fsp3) is 0.712. The van der Waals surface area contributed by atoms with E-state index in [1.165, 1.54) is 135 Å². The van der Waals surface area contributed by atoms with Gasteiger partial charge in [-0.15, -0.1) is 0 Å². The molecule has 5 heteroatoms. The van der Waals surface area contributed by atoms with Gasteiger partial charge in [0.2, 0.25) is 0 Å². The van der Waals surface area contributed by atoms with Crippen molar-refractivity contribution in [2.24, 2.45) is 0 Å². The lowest BCUT2D eigenvalue weighted by Gasteiger charge is -2.31. The molecule has 4 atom stereocenters. The summed E-state index contributed by atoms with van der Waals surface area (Å²) in [5, 5.41) is 0. The van der Waals surface area contributed by atoms with Gasteiger partial charge < -0.3 is 19.1 Å². The maximum Gasteiger partial charge on any atom is 0.410 e. The number of amides is 1. The van der Waals surface area contributed by atoms with E-state index >= 15 is 0 Å². The first kappa shape index (κ1) is 48.7. The highest BCUT2D eigenvalue weighted by Gasteiger charge is 2.52. The summed E-state index contributed by atoms with van der Waals surface area (Å²) in [4.78, 5) is 14.7. The highest BCUT2D eigenvalue weighted by molar-refractivity contribution is 5.67. The zero-order chi connectivity index (χ0) is 40.5. The van der Waals surface area contributed by atoms with Gasteiger partial charge in [0.05, 0.1) is 12.2 Å². The number of hydrogen-bond acceptors (Lipinski definition) is 4. The van der Waals surface area contributed by atoms with Gasteiger partial charge >= 0.3 is 6.09 Å². The maximum absolute atomic E-state index is 12.9. The van der Waals surface area contributed by atoms with E-state index in [1.807, 2.05) is 37.4 Å². The second-order valence-electron chi connectivity index (χ2n) is 17.0. The Labute approximate surface area is 351 Å². The molecule has 0 bridgehead atoms. The van der Waals surface area contributed by atoms with Gasteiger partial charge in [0.25, 0.3) is 0 Å². The molecular weight excluding hydrogens is 703 g/mol. The molecule has 1 aromatic carbocycles. The van der Waals surface area contributed by atoms with Gasteiger partial charge in [0, 0.05) is 25.9 Å². The van der Waals surface area contributed by atoms with E-state index in [-0.39, 0.29) is 24.3 Å². The van der Waals surface area contributed by atoms with Crippen molar-refractivity contribution in [2.45, 2.75) is 231 Å². The molecule has 2 aliphatic rings. The van der Waals surface area contributed by atoms with Crippen molar-refractivity contribution in [3.05, 3.63) is 84.5 Å². The van der Waals surface area contributed by atoms with Crippen LogP contribution in [0.2, 0.25) is 0 Å². The van der Waals surface area contributed by atoms with Crippen molar-refractivity contribution in [1.29, 1.82) is 0 Å². The van der Waals surface area contributed by atoms with Crippen molar-refractivity contribution in [1.82, 2.24) is 4.90 Å². The van der Waals surface area contributed by atoms with Crippen LogP contribution in [0, 0.1) is 0 Å². The summed E-state index contributed by atoms with van der Waals surface area (Å²) >= 11 is 0. The third-order valence-corrected chi connectivity index (χ3v) is 12.0. The molecule has 1 aliphatic carbocycles. The summed E-state index contributed by atoms with van der Waals surface area (Å²) in [7, 11) is 1.86. The minimum atomic E-state index is -0.459. The number of nitrogens with zero attached hydrogens (tertiary/aromatic N) is 1. The van der Waals surface area contributed by atoms with Gasteiger partial charge in [0.15, 0.2) is 5.79 Å². The smallest absolute Gasteiger partial charge is 0.410 e. The number of rotatable bonds is 34. The third kappa shape index (κ3) is 22.4. The van der Waals surface area contributed by atoms with Gasteiger partial charge in [0.1, 0.15) is 6.61 Å². The quantitative estimate of drug-likeness (QED) is 0.0516. The van der Waals surface area contributed by atoms with Gasteiger partial charge in [-0.3, -0.25) is 0 Å². The zero-order valence-corrected chi connectivity index (χ0v) is 37.0. The van der Waals surface area contributed by atoms with Crippen LogP contribution in [-0.2, 0) is 20.8 Å². The highest BCUT2D eigenvalue weighted by atomic mass is 16.8. The van der Waals surface area contributed by atoms with Crippen LogP contribution in [0.4, 0.5) is 4.79 Å². The largest absolute Gasteiger partial charge is 0.445 e. The molecule has 3 rings (SSSR count). The third-order valence-electron chi connectivity index (χ3n) is 12.0. The van der Waals surface area contributed by atoms with Crippen molar-refractivity contribution in [3.8, 4) is 0 Å². The second-order valence-corrected chi connectivity index (χ2v) is 17.0. The van der Waals surface area contributed by atoms with E-state index in [9.17, 15) is 4.79 Å². The lowest BCUT2D eigenvalue weighted by molar-refractivity contribution is -0.192. The Morgan fingerprint density at radius 1 is 0.596 bits per heavy atom. The Kier molecular flexibility index (Phi) is 27.6. The molecule has 0 N–H and O–H groups in total. The summed E-state index contributed by atoms with van der Waals surface area (Å²) in [6.07, 6.45) is 53.8. The van der Waals surface area contributed by atoms with Gasteiger partial charge in [-0.05, 0) is 95.5 Å². The second kappa shape index (κ2) is 32.2. The average molecular weight is 788 g/mol. The lowest BCUT2D eigenvalue weighted by Crippen LogP contribution is -2.38. The SMILES string of the molecule is CCCCC/C=C\C/C=C\CCCCCCCCCC1(CCCCCCCC/C=C\C/C=C\CCCCC)O[C@H]2C[C@H](N(C)C(=O)OCc3ccccc3)C[C@H]2O1. The van der Waals surface area contributed by atoms with Crippen molar-refractivity contribution >= 4 is 6.09 Å². The van der Waals surface area contributed by atoms with E-state index in [0.29, 0.717) is 6.61 Å². The number of hydrogen-bond donors (Lipinski definition) is 0. The minimum Gasteiger partial charge on any atom is -0.445 e. The van der Waals surface area contributed by atoms with Crippen LogP contribution < -0.4 is 0 Å². The number of benzene rings is 1. The van der Waals surface area contributed by atoms with Crippen LogP contribution in [-0.4, -0.2) is 42.1 Å². The monoisotopic (exact) mass is 788 g/mol. The molecule has 1 saturated carbocycles. The molecule has 0 radical (unpaired) electrons. The summed E-state index contributed by atoms with van der Waals surface area (Å²) in [5.41, 5.74) is 1.00. The standard InChI is InChI=1S/C52H85NO4/c1-4-6-8-10-12-14-16-18-20-22-24-26-28-30-32-34-39-43-52(42-38-33-31-29-27-25-23-21-19-17-15-13-11-9-7-5-2)56-49-44-48(45-50(49)57-52)53(3)51(54)55-46-47-40-36-35-37-41-47/h12-15,18-21,35-37,40-41,48-50H,4-11,16-17,22-34,38-39,42-46H2,1-3H3/b14-12-,15-13-,20-18-,21-19-/t48-,49-,50+,52?. The van der Waals surface area contributed by atoms with Crippen molar-refractivity contribution < 1.29 is 19.0 Å². The number of carbonyl (C=O) groups is 1. The van der Waals surface area contributed by atoms with Crippen LogP contribution in [0.3, 0.4) is 0 Å². The predicted octanol–water partition coefficient (Wildman–Crippen LogP) is 15.7. The number of ether oxygens (including phenoxy) is 3. The Bertz CT molecular complexity index is 1220. The molecule has 1 amide bonds. The van der Waals surface area contributed by atoms with Gasteiger partial charge in [-0.25, -0.2) is 4.79 Å². The fourth-order valence-corrected chi connectivity index (χ4v) is 8.35. The van der Waals surface area contributed by atoms with Crippen molar-refractivity contribution in [2.75, 3.05) is 7.05 Å². The van der Waals surface area contributed by atoms with E-state index in [0.717, 1.165) is 56.9 Å². The minimum absolute atomic E-state index is 0.0554. The molecule has 57 heavy (non-hydrogen) atoms. The average Bonchev–Trinajstić information content (AvgIpc) is 3.77. The molecule has 2 fully saturated rings. The van der Waals surface area contributed by atoms with Crippen LogP contribution in [0.5, 0.6) is 0 Å². The summed E-state index contributed by atoms with van der Waals surface area (Å²) in [6, 6.07) is 9.97. The molecule has 0 spiro atoms. The summed E-state index contributed by atoms with van der Waals surface area (Å²) < 4.78 is 19.4. The van der Waals surface area contributed by atoms with Gasteiger partial charge in [-0.2, -0.15) is 0 Å². The first-order valence-electron chi connectivity index (χ1n) is 24.0. The van der Waals surface area contributed by atoms with Crippen LogP contribution in [0.1, 0.15) is 206 Å².